The van der Waals surface area contributed by atoms with Crippen LogP contribution in [0.5, 0.6) is 0 Å². The monoisotopic (exact) mass is 255 g/mol. The minimum Gasteiger partial charge on any atom is -0.349 e. The van der Waals surface area contributed by atoms with Crippen LogP contribution in [0.1, 0.15) is 48.7 Å². The van der Waals surface area contributed by atoms with Crippen LogP contribution in [0.15, 0.2) is 36.7 Å². The van der Waals surface area contributed by atoms with Crippen LogP contribution in [0.3, 0.4) is 0 Å². The van der Waals surface area contributed by atoms with Gasteiger partial charge in [0.25, 0.3) is 0 Å². The zero-order chi connectivity index (χ0) is 13.1. The van der Waals surface area contributed by atoms with Gasteiger partial charge >= 0.3 is 0 Å². The fourth-order valence-corrected chi connectivity index (χ4v) is 3.02. The summed E-state index contributed by atoms with van der Waals surface area (Å²) in [5.41, 5.74) is 3.00. The number of aromatic amines is 1. The molecule has 100 valence electrons. The van der Waals surface area contributed by atoms with Gasteiger partial charge in [0.1, 0.15) is 5.82 Å². The van der Waals surface area contributed by atoms with Crippen molar-refractivity contribution in [1.82, 2.24) is 15.3 Å². The molecule has 1 aliphatic rings. The topological polar surface area (TPSA) is 40.7 Å². The number of fused-ring (bicyclic) bond motifs is 1. The Morgan fingerprint density at radius 1 is 1.26 bits per heavy atom. The van der Waals surface area contributed by atoms with Gasteiger partial charge in [0.05, 0.1) is 0 Å². The van der Waals surface area contributed by atoms with E-state index in [2.05, 4.69) is 46.5 Å². The number of hydrogen-bond acceptors (Lipinski definition) is 2. The maximum absolute atomic E-state index is 4.26. The molecule has 0 saturated heterocycles. The number of benzene rings is 1. The molecule has 2 aromatic rings. The first kappa shape index (κ1) is 12.4. The van der Waals surface area contributed by atoms with Gasteiger partial charge in [0.2, 0.25) is 0 Å². The summed E-state index contributed by atoms with van der Waals surface area (Å²) < 4.78 is 0. The van der Waals surface area contributed by atoms with E-state index in [9.17, 15) is 0 Å². The number of imidazole rings is 1. The van der Waals surface area contributed by atoms with Crippen LogP contribution in [0.2, 0.25) is 0 Å². The van der Waals surface area contributed by atoms with E-state index in [0.29, 0.717) is 12.0 Å². The summed E-state index contributed by atoms with van der Waals surface area (Å²) in [4.78, 5) is 7.41. The first-order valence-electron chi connectivity index (χ1n) is 7.15. The standard InChI is InChI=1S/C16H21N3/c1-12-6-7-15(14-5-3-2-4-13(12)14)17-9-8-16-18-10-11-19-16/h2-5,10-12,15,17H,6-9H2,1H3,(H,18,19). The van der Waals surface area contributed by atoms with E-state index in [0.717, 1.165) is 18.8 Å². The summed E-state index contributed by atoms with van der Waals surface area (Å²) in [7, 11) is 0. The van der Waals surface area contributed by atoms with Gasteiger partial charge in [-0.1, -0.05) is 31.2 Å². The van der Waals surface area contributed by atoms with Crippen LogP contribution in [-0.4, -0.2) is 16.5 Å². The van der Waals surface area contributed by atoms with Crippen LogP contribution < -0.4 is 5.32 Å². The Hall–Kier alpha value is -1.61. The maximum Gasteiger partial charge on any atom is 0.107 e. The molecule has 0 radical (unpaired) electrons. The summed E-state index contributed by atoms with van der Waals surface area (Å²) in [5.74, 6) is 1.75. The first-order chi connectivity index (χ1) is 9.34. The Morgan fingerprint density at radius 3 is 2.89 bits per heavy atom. The van der Waals surface area contributed by atoms with Gasteiger partial charge in [-0.2, -0.15) is 0 Å². The lowest BCUT2D eigenvalue weighted by Crippen LogP contribution is -2.28. The van der Waals surface area contributed by atoms with Crippen molar-refractivity contribution in [2.75, 3.05) is 6.54 Å². The normalized spacial score (nSPS) is 22.2. The molecular weight excluding hydrogens is 234 g/mol. The van der Waals surface area contributed by atoms with E-state index in [1.54, 1.807) is 0 Å². The van der Waals surface area contributed by atoms with Gasteiger partial charge in [-0.15, -0.1) is 0 Å². The van der Waals surface area contributed by atoms with Crippen molar-refractivity contribution in [3.8, 4) is 0 Å². The molecule has 1 heterocycles. The number of aromatic nitrogens is 2. The molecule has 2 unspecified atom stereocenters. The smallest absolute Gasteiger partial charge is 0.107 e. The van der Waals surface area contributed by atoms with Crippen LogP contribution in [-0.2, 0) is 6.42 Å². The van der Waals surface area contributed by atoms with Gasteiger partial charge in [0.15, 0.2) is 0 Å². The molecule has 0 spiro atoms. The second-order valence-electron chi connectivity index (χ2n) is 5.40. The highest BCUT2D eigenvalue weighted by atomic mass is 14.9. The van der Waals surface area contributed by atoms with Gasteiger partial charge in [-0.3, -0.25) is 0 Å². The predicted octanol–water partition coefficient (Wildman–Crippen LogP) is 3.18. The van der Waals surface area contributed by atoms with Gasteiger partial charge in [-0.25, -0.2) is 4.98 Å². The number of rotatable bonds is 4. The van der Waals surface area contributed by atoms with E-state index in [4.69, 9.17) is 0 Å². The molecule has 3 nitrogen and oxygen atoms in total. The average Bonchev–Trinajstić information content (AvgIpc) is 2.95. The highest BCUT2D eigenvalue weighted by Crippen LogP contribution is 2.36. The second kappa shape index (κ2) is 5.57. The Balaban J connectivity index is 1.64. The number of nitrogens with zero attached hydrogens (tertiary/aromatic N) is 1. The van der Waals surface area contributed by atoms with Crippen molar-refractivity contribution in [1.29, 1.82) is 0 Å². The third kappa shape index (κ3) is 2.71. The molecule has 0 saturated carbocycles. The lowest BCUT2D eigenvalue weighted by atomic mass is 9.81. The SMILES string of the molecule is CC1CCC(NCCc2ncc[nH]2)c2ccccc21. The molecular formula is C16H21N3. The van der Waals surface area contributed by atoms with Crippen LogP contribution in [0.25, 0.3) is 0 Å². The quantitative estimate of drug-likeness (QED) is 0.881. The van der Waals surface area contributed by atoms with Gasteiger partial charge in [0, 0.05) is 31.4 Å². The van der Waals surface area contributed by atoms with Crippen LogP contribution >= 0.6 is 0 Å². The molecule has 19 heavy (non-hydrogen) atoms. The molecule has 3 heteroatoms. The van der Waals surface area contributed by atoms with Crippen molar-refractivity contribution in [3.05, 3.63) is 53.6 Å². The molecule has 0 bridgehead atoms. The largest absolute Gasteiger partial charge is 0.349 e. The van der Waals surface area contributed by atoms with Crippen molar-refractivity contribution < 1.29 is 0 Å². The average molecular weight is 255 g/mol. The van der Waals surface area contributed by atoms with Gasteiger partial charge in [-0.05, 0) is 29.9 Å². The molecule has 1 aromatic carbocycles. The molecule has 2 N–H and O–H groups in total. The summed E-state index contributed by atoms with van der Waals surface area (Å²) in [6.45, 7) is 3.30. The van der Waals surface area contributed by atoms with Gasteiger partial charge < -0.3 is 10.3 Å². The lowest BCUT2D eigenvalue weighted by molar-refractivity contribution is 0.433. The predicted molar refractivity (Wildman–Crippen MR) is 77.1 cm³/mol. The molecule has 0 aliphatic heterocycles. The summed E-state index contributed by atoms with van der Waals surface area (Å²) in [5, 5.41) is 3.68. The van der Waals surface area contributed by atoms with Crippen molar-refractivity contribution in [2.45, 2.75) is 38.1 Å². The first-order valence-corrected chi connectivity index (χ1v) is 7.15. The number of nitrogens with one attached hydrogen (secondary N) is 2. The van der Waals surface area contributed by atoms with Crippen molar-refractivity contribution in [2.24, 2.45) is 0 Å². The minimum absolute atomic E-state index is 0.502. The highest BCUT2D eigenvalue weighted by Gasteiger charge is 2.23. The zero-order valence-corrected chi connectivity index (χ0v) is 11.4. The van der Waals surface area contributed by atoms with E-state index in [1.807, 2.05) is 12.4 Å². The Morgan fingerprint density at radius 2 is 2.11 bits per heavy atom. The molecule has 0 fully saturated rings. The van der Waals surface area contributed by atoms with Crippen LogP contribution in [0, 0.1) is 0 Å². The minimum atomic E-state index is 0.502. The third-order valence-electron chi connectivity index (χ3n) is 4.10. The molecule has 0 amide bonds. The summed E-state index contributed by atoms with van der Waals surface area (Å²) in [6.07, 6.45) is 7.16. The maximum atomic E-state index is 4.26. The lowest BCUT2D eigenvalue weighted by Gasteiger charge is -2.30. The van der Waals surface area contributed by atoms with E-state index in [1.165, 1.54) is 24.0 Å². The highest BCUT2D eigenvalue weighted by molar-refractivity contribution is 5.34. The second-order valence-corrected chi connectivity index (χ2v) is 5.40. The third-order valence-corrected chi connectivity index (χ3v) is 4.10. The van der Waals surface area contributed by atoms with E-state index < -0.39 is 0 Å². The number of hydrogen-bond donors (Lipinski definition) is 2. The zero-order valence-electron chi connectivity index (χ0n) is 11.4. The molecule has 3 rings (SSSR count). The van der Waals surface area contributed by atoms with E-state index >= 15 is 0 Å². The Bertz CT molecular complexity index is 519. The van der Waals surface area contributed by atoms with E-state index in [-0.39, 0.29) is 0 Å². The molecule has 2 atom stereocenters. The molecule has 1 aromatic heterocycles. The summed E-state index contributed by atoms with van der Waals surface area (Å²) in [6, 6.07) is 9.36. The number of H-pyrrole nitrogens is 1. The molecule has 1 aliphatic carbocycles. The summed E-state index contributed by atoms with van der Waals surface area (Å²) >= 11 is 0. The van der Waals surface area contributed by atoms with Crippen molar-refractivity contribution >= 4 is 0 Å². The Labute approximate surface area is 114 Å². The van der Waals surface area contributed by atoms with Crippen molar-refractivity contribution in [3.63, 3.8) is 0 Å². The Kier molecular flexibility index (Phi) is 3.65. The fourth-order valence-electron chi connectivity index (χ4n) is 3.02. The van der Waals surface area contributed by atoms with Crippen LogP contribution in [0.4, 0.5) is 0 Å². The fraction of sp³-hybridized carbons (Fsp3) is 0.438.